The molecule has 3 saturated heterocycles. The monoisotopic (exact) mass is 429 g/mol. The van der Waals surface area contributed by atoms with Gasteiger partial charge in [0.1, 0.15) is 17.8 Å². The van der Waals surface area contributed by atoms with E-state index in [1.807, 2.05) is 0 Å². The molecule has 7 heteroatoms. The zero-order valence-electron chi connectivity index (χ0n) is 18.3. The molecule has 31 heavy (non-hydrogen) atoms. The van der Waals surface area contributed by atoms with Crippen LogP contribution in [0.3, 0.4) is 0 Å². The Labute approximate surface area is 181 Å². The van der Waals surface area contributed by atoms with Crippen LogP contribution in [0.25, 0.3) is 0 Å². The van der Waals surface area contributed by atoms with E-state index in [1.54, 1.807) is 0 Å². The fourth-order valence-electron chi connectivity index (χ4n) is 11.3. The molecule has 0 aromatic rings. The molecule has 9 rings (SSSR count). The zero-order valence-corrected chi connectivity index (χ0v) is 18.3. The smallest absolute Gasteiger partial charge is 0.303 e. The number of fused-ring (bicyclic) bond motifs is 1. The summed E-state index contributed by atoms with van der Waals surface area (Å²) in [5.41, 5.74) is -1.20. The van der Waals surface area contributed by atoms with Crippen molar-refractivity contribution in [1.29, 1.82) is 0 Å². The molecule has 9 fully saturated rings. The fourth-order valence-corrected chi connectivity index (χ4v) is 11.3. The summed E-state index contributed by atoms with van der Waals surface area (Å²) in [4.78, 5) is 26.5. The number of carbonyl (C=O) groups excluding carboxylic acids is 2. The highest BCUT2D eigenvalue weighted by Crippen LogP contribution is 2.88. The standard InChI is InChI=1S/C24H31NO6/c1-10-5-22-8-14-17-21(4)6-13(30-11(2)26)7-23(17)18(22)16(28)15(10)19(31-12(3)27)24(22,29)20(23)25(14)9-21/h13-20,28-29H,1,5-9H2,2-4H3/t13?,14-,15?,16?,17+,18+,19?,20?,21-,22?,23?,24?/m0/s1. The van der Waals surface area contributed by atoms with E-state index in [2.05, 4.69) is 18.4 Å². The van der Waals surface area contributed by atoms with Crippen LogP contribution in [0, 0.1) is 34.0 Å². The molecule has 6 aliphatic carbocycles. The van der Waals surface area contributed by atoms with Gasteiger partial charge in [0.25, 0.3) is 0 Å². The summed E-state index contributed by atoms with van der Waals surface area (Å²) >= 11 is 0. The first-order valence-electron chi connectivity index (χ1n) is 11.7. The molecule has 3 heterocycles. The van der Waals surface area contributed by atoms with Gasteiger partial charge in [-0.2, -0.15) is 0 Å². The molecule has 2 spiro atoms. The minimum Gasteiger partial charge on any atom is -0.463 e. The van der Waals surface area contributed by atoms with Crippen molar-refractivity contribution in [2.45, 2.75) is 82.5 Å². The summed E-state index contributed by atoms with van der Waals surface area (Å²) in [5, 5.41) is 24.4. The third-order valence-corrected chi connectivity index (χ3v) is 10.9. The van der Waals surface area contributed by atoms with Crippen molar-refractivity contribution in [3.05, 3.63) is 12.2 Å². The number of carbonyl (C=O) groups is 2. The highest BCUT2D eigenvalue weighted by Gasteiger charge is 2.95. The molecule has 6 saturated carbocycles. The SMILES string of the molecule is C=C1CC23C[C@H]4[C@H]5C67CC(OC(C)=O)C[C@@]5(C)CN4C6C2(O)C(OC(C)=O)C1C(O)[C@@H]73. The highest BCUT2D eigenvalue weighted by atomic mass is 16.6. The molecule has 9 aliphatic rings. The van der Waals surface area contributed by atoms with Crippen molar-refractivity contribution in [2.75, 3.05) is 6.54 Å². The van der Waals surface area contributed by atoms with Gasteiger partial charge in [-0.15, -0.1) is 0 Å². The first kappa shape index (κ1) is 19.1. The van der Waals surface area contributed by atoms with Gasteiger partial charge in [-0.1, -0.05) is 19.1 Å². The number of rotatable bonds is 2. The van der Waals surface area contributed by atoms with Crippen molar-refractivity contribution in [2.24, 2.45) is 34.0 Å². The molecule has 9 unspecified atom stereocenters. The van der Waals surface area contributed by atoms with Crippen LogP contribution in [0.2, 0.25) is 0 Å². The first-order chi connectivity index (χ1) is 14.5. The van der Waals surface area contributed by atoms with E-state index >= 15 is 0 Å². The number of piperidine rings is 2. The van der Waals surface area contributed by atoms with Crippen molar-refractivity contribution in [3.63, 3.8) is 0 Å². The number of hydrogen-bond acceptors (Lipinski definition) is 7. The minimum absolute atomic E-state index is 0.0120. The van der Waals surface area contributed by atoms with E-state index in [4.69, 9.17) is 9.47 Å². The molecule has 13 atom stereocenters. The second kappa shape index (κ2) is 5.05. The van der Waals surface area contributed by atoms with Crippen LogP contribution in [-0.2, 0) is 19.1 Å². The van der Waals surface area contributed by atoms with Gasteiger partial charge in [0.15, 0.2) is 0 Å². The Morgan fingerprint density at radius 3 is 2.52 bits per heavy atom. The first-order valence-corrected chi connectivity index (χ1v) is 11.7. The number of aliphatic hydroxyl groups is 2. The lowest BCUT2D eigenvalue weighted by molar-refractivity contribution is -0.284. The number of aliphatic hydroxyl groups excluding tert-OH is 1. The highest BCUT2D eigenvalue weighted by molar-refractivity contribution is 5.67. The van der Waals surface area contributed by atoms with Gasteiger partial charge in [0, 0.05) is 55.1 Å². The fraction of sp³-hybridized carbons (Fsp3) is 0.833. The number of hydrogen-bond donors (Lipinski definition) is 2. The van der Waals surface area contributed by atoms with E-state index in [-0.39, 0.29) is 34.9 Å². The van der Waals surface area contributed by atoms with Gasteiger partial charge in [-0.25, -0.2) is 0 Å². The third-order valence-electron chi connectivity index (χ3n) is 10.9. The normalized spacial score (nSPS) is 63.5. The van der Waals surface area contributed by atoms with Gasteiger partial charge in [0.2, 0.25) is 0 Å². The van der Waals surface area contributed by atoms with Gasteiger partial charge in [-0.3, -0.25) is 14.5 Å². The lowest BCUT2D eigenvalue weighted by Gasteiger charge is -2.68. The van der Waals surface area contributed by atoms with Crippen molar-refractivity contribution < 1.29 is 29.3 Å². The van der Waals surface area contributed by atoms with Crippen LogP contribution in [0.15, 0.2) is 12.2 Å². The van der Waals surface area contributed by atoms with Crippen LogP contribution in [0.4, 0.5) is 0 Å². The molecule has 168 valence electrons. The minimum atomic E-state index is -1.21. The van der Waals surface area contributed by atoms with E-state index < -0.39 is 35.1 Å². The Balaban J connectivity index is 1.47. The van der Waals surface area contributed by atoms with Gasteiger partial charge >= 0.3 is 11.9 Å². The topological polar surface area (TPSA) is 96.3 Å². The third kappa shape index (κ3) is 1.65. The predicted molar refractivity (Wildman–Crippen MR) is 107 cm³/mol. The Bertz CT molecular complexity index is 966. The van der Waals surface area contributed by atoms with E-state index in [9.17, 15) is 19.8 Å². The van der Waals surface area contributed by atoms with Crippen LogP contribution >= 0.6 is 0 Å². The Hall–Kier alpha value is -1.44. The van der Waals surface area contributed by atoms with Crippen LogP contribution in [0.5, 0.6) is 0 Å². The Morgan fingerprint density at radius 1 is 1.13 bits per heavy atom. The number of nitrogens with zero attached hydrogens (tertiary/aromatic N) is 1. The van der Waals surface area contributed by atoms with E-state index in [1.165, 1.54) is 13.8 Å². The largest absolute Gasteiger partial charge is 0.463 e. The van der Waals surface area contributed by atoms with Crippen LogP contribution < -0.4 is 0 Å². The summed E-state index contributed by atoms with van der Waals surface area (Å²) in [6.45, 7) is 10.3. The number of esters is 2. The van der Waals surface area contributed by atoms with Gasteiger partial charge in [0.05, 0.1) is 6.10 Å². The summed E-state index contributed by atoms with van der Waals surface area (Å²) in [7, 11) is 0. The summed E-state index contributed by atoms with van der Waals surface area (Å²) in [6.07, 6.45) is 1.30. The lowest BCUT2D eigenvalue weighted by Crippen LogP contribution is -2.77. The zero-order chi connectivity index (χ0) is 21.9. The average Bonchev–Trinajstić information content (AvgIpc) is 3.03. The van der Waals surface area contributed by atoms with Gasteiger partial charge in [-0.05, 0) is 37.0 Å². The Kier molecular flexibility index (Phi) is 3.10. The molecule has 7 nitrogen and oxygen atoms in total. The van der Waals surface area contributed by atoms with E-state index in [0.717, 1.165) is 25.0 Å². The molecular weight excluding hydrogens is 398 g/mol. The molecule has 9 bridgehead atoms. The number of ether oxygens (including phenoxy) is 2. The molecule has 3 aliphatic heterocycles. The van der Waals surface area contributed by atoms with Crippen molar-refractivity contribution in [3.8, 4) is 0 Å². The summed E-state index contributed by atoms with van der Waals surface area (Å²) < 4.78 is 11.6. The average molecular weight is 430 g/mol. The Morgan fingerprint density at radius 2 is 1.84 bits per heavy atom. The van der Waals surface area contributed by atoms with Gasteiger partial charge < -0.3 is 19.7 Å². The maximum atomic E-state index is 12.6. The lowest BCUT2D eigenvalue weighted by atomic mass is 9.39. The molecular formula is C24H31NO6. The molecule has 0 aromatic heterocycles. The van der Waals surface area contributed by atoms with Crippen molar-refractivity contribution >= 4 is 11.9 Å². The van der Waals surface area contributed by atoms with Crippen LogP contribution in [0.1, 0.15) is 46.5 Å². The van der Waals surface area contributed by atoms with Crippen molar-refractivity contribution in [1.82, 2.24) is 4.90 Å². The molecule has 0 radical (unpaired) electrons. The maximum Gasteiger partial charge on any atom is 0.303 e. The summed E-state index contributed by atoms with van der Waals surface area (Å²) in [5.74, 6) is -0.896. The molecule has 0 aromatic carbocycles. The molecule has 2 N–H and O–H groups in total. The second-order valence-corrected chi connectivity index (χ2v) is 12.1. The molecule has 0 amide bonds. The maximum absolute atomic E-state index is 12.6. The quantitative estimate of drug-likeness (QED) is 0.500. The summed E-state index contributed by atoms with van der Waals surface area (Å²) in [6, 6.07) is 0.176. The van der Waals surface area contributed by atoms with E-state index in [0.29, 0.717) is 24.8 Å². The van der Waals surface area contributed by atoms with Crippen LogP contribution in [-0.4, -0.2) is 69.6 Å². The predicted octanol–water partition coefficient (Wildman–Crippen LogP) is 1.02. The second-order valence-electron chi connectivity index (χ2n) is 12.1.